The Balaban J connectivity index is 2.37. The van der Waals surface area contributed by atoms with E-state index in [0.29, 0.717) is 0 Å². The quantitative estimate of drug-likeness (QED) is 0.714. The van der Waals surface area contributed by atoms with Gasteiger partial charge in [0.2, 0.25) is 0 Å². The van der Waals surface area contributed by atoms with E-state index in [1.54, 1.807) is 0 Å². The molecule has 0 heterocycles. The van der Waals surface area contributed by atoms with Crippen molar-refractivity contribution in [1.82, 2.24) is 0 Å². The van der Waals surface area contributed by atoms with Crippen molar-refractivity contribution in [2.24, 2.45) is 0 Å². The molecule has 2 aromatic rings. The van der Waals surface area contributed by atoms with Gasteiger partial charge in [0, 0.05) is 5.56 Å². The molecule has 1 heteroatoms. The molecule has 0 saturated heterocycles. The number of benzene rings is 2. The molecule has 0 aliphatic rings. The molecular weight excluding hydrogens is 196 g/mol. The molecule has 0 fully saturated rings. The van der Waals surface area contributed by atoms with Gasteiger partial charge in [0.15, 0.2) is 0 Å². The van der Waals surface area contributed by atoms with Gasteiger partial charge in [0.25, 0.3) is 0 Å². The van der Waals surface area contributed by atoms with Crippen molar-refractivity contribution < 1.29 is 5.11 Å². The minimum Gasteiger partial charge on any atom is -0.384 e. The molecule has 0 aromatic heterocycles. The van der Waals surface area contributed by atoms with Crippen LogP contribution in [0.25, 0.3) is 11.1 Å². The Morgan fingerprint density at radius 3 is 2.38 bits per heavy atom. The van der Waals surface area contributed by atoms with E-state index >= 15 is 0 Å². The second-order valence-corrected chi connectivity index (χ2v) is 3.41. The topological polar surface area (TPSA) is 20.2 Å². The van der Waals surface area contributed by atoms with Gasteiger partial charge >= 0.3 is 0 Å². The average molecular weight is 208 g/mol. The lowest BCUT2D eigenvalue weighted by Crippen LogP contribution is -1.80. The van der Waals surface area contributed by atoms with Crippen LogP contribution in [0.2, 0.25) is 0 Å². The average Bonchev–Trinajstić information content (AvgIpc) is 2.38. The van der Waals surface area contributed by atoms with Crippen LogP contribution in [0, 0.1) is 11.8 Å². The van der Waals surface area contributed by atoms with Crippen LogP contribution in [0.5, 0.6) is 0 Å². The predicted molar refractivity (Wildman–Crippen MR) is 65.8 cm³/mol. The molecule has 1 N–H and O–H groups in total. The molecule has 78 valence electrons. The Morgan fingerprint density at radius 2 is 1.62 bits per heavy atom. The maximum atomic E-state index is 8.64. The summed E-state index contributed by atoms with van der Waals surface area (Å²) in [5.41, 5.74) is 3.25. The van der Waals surface area contributed by atoms with Gasteiger partial charge in [-0.2, -0.15) is 0 Å². The van der Waals surface area contributed by atoms with Crippen molar-refractivity contribution in [2.45, 2.75) is 0 Å². The van der Waals surface area contributed by atoms with Gasteiger partial charge < -0.3 is 5.11 Å². The molecule has 0 spiro atoms. The van der Waals surface area contributed by atoms with Crippen molar-refractivity contribution in [1.29, 1.82) is 0 Å². The van der Waals surface area contributed by atoms with Gasteiger partial charge in [-0.15, -0.1) is 0 Å². The highest BCUT2D eigenvalue weighted by Gasteiger charge is 1.96. The number of aliphatic hydroxyl groups is 1. The fourth-order valence-electron chi connectivity index (χ4n) is 1.55. The van der Waals surface area contributed by atoms with Gasteiger partial charge in [-0.05, 0) is 23.3 Å². The van der Waals surface area contributed by atoms with Crippen LogP contribution in [0.1, 0.15) is 5.56 Å². The lowest BCUT2D eigenvalue weighted by molar-refractivity contribution is 0.350. The molecule has 2 aromatic carbocycles. The van der Waals surface area contributed by atoms with Crippen molar-refractivity contribution in [2.75, 3.05) is 6.61 Å². The summed E-state index contributed by atoms with van der Waals surface area (Å²) in [4.78, 5) is 0. The Morgan fingerprint density at radius 1 is 0.875 bits per heavy atom. The van der Waals surface area contributed by atoms with E-state index in [4.69, 9.17) is 5.11 Å². The summed E-state index contributed by atoms with van der Waals surface area (Å²) < 4.78 is 0. The lowest BCUT2D eigenvalue weighted by Gasteiger charge is -2.01. The van der Waals surface area contributed by atoms with Crippen LogP contribution >= 0.6 is 0 Å². The summed E-state index contributed by atoms with van der Waals surface area (Å²) in [7, 11) is 0. The zero-order valence-corrected chi connectivity index (χ0v) is 8.85. The first-order chi connectivity index (χ1) is 7.90. The Hall–Kier alpha value is -2.04. The third kappa shape index (κ3) is 2.50. The third-order valence-corrected chi connectivity index (χ3v) is 2.28. The molecule has 0 bridgehead atoms. The second kappa shape index (κ2) is 5.16. The molecule has 0 atom stereocenters. The zero-order chi connectivity index (χ0) is 11.2. The highest BCUT2D eigenvalue weighted by Crippen LogP contribution is 2.19. The van der Waals surface area contributed by atoms with Crippen LogP contribution in [0.3, 0.4) is 0 Å². The fraction of sp³-hybridized carbons (Fsp3) is 0.0667. The third-order valence-electron chi connectivity index (χ3n) is 2.28. The summed E-state index contributed by atoms with van der Waals surface area (Å²) in [6, 6.07) is 18.2. The van der Waals surface area contributed by atoms with E-state index in [0.717, 1.165) is 11.1 Å². The van der Waals surface area contributed by atoms with E-state index in [1.807, 2.05) is 36.4 Å². The molecule has 0 saturated carbocycles. The van der Waals surface area contributed by atoms with Gasteiger partial charge in [-0.1, -0.05) is 54.3 Å². The first-order valence-corrected chi connectivity index (χ1v) is 5.15. The summed E-state index contributed by atoms with van der Waals surface area (Å²) in [6.45, 7) is -0.102. The molecule has 0 unspecified atom stereocenters. The second-order valence-electron chi connectivity index (χ2n) is 3.41. The van der Waals surface area contributed by atoms with Crippen molar-refractivity contribution in [3.8, 4) is 23.0 Å². The first kappa shape index (κ1) is 10.5. The predicted octanol–water partition coefficient (Wildman–Crippen LogP) is 2.70. The SMILES string of the molecule is OCC#Cc1cccc(-c2ccccc2)c1. The lowest BCUT2D eigenvalue weighted by atomic mass is 10.0. The number of hydrogen-bond acceptors (Lipinski definition) is 1. The van der Waals surface area contributed by atoms with Crippen LogP contribution in [-0.4, -0.2) is 11.7 Å². The van der Waals surface area contributed by atoms with E-state index in [9.17, 15) is 0 Å². The number of rotatable bonds is 1. The summed E-state index contributed by atoms with van der Waals surface area (Å²) in [6.07, 6.45) is 0. The standard InChI is InChI=1S/C15H12O/c16-11-5-7-13-6-4-10-15(12-13)14-8-2-1-3-9-14/h1-4,6,8-10,12,16H,11H2. The van der Waals surface area contributed by atoms with Crippen molar-refractivity contribution in [3.63, 3.8) is 0 Å². The van der Waals surface area contributed by atoms with Crippen LogP contribution in [0.15, 0.2) is 54.6 Å². The maximum Gasteiger partial charge on any atom is 0.104 e. The number of aliphatic hydroxyl groups excluding tert-OH is 1. The molecule has 0 aliphatic carbocycles. The minimum absolute atomic E-state index is 0.102. The molecular formula is C15H12O. The van der Waals surface area contributed by atoms with Crippen molar-refractivity contribution in [3.05, 3.63) is 60.2 Å². The van der Waals surface area contributed by atoms with E-state index in [-0.39, 0.29) is 6.61 Å². The first-order valence-electron chi connectivity index (χ1n) is 5.15. The van der Waals surface area contributed by atoms with Gasteiger partial charge in [-0.3, -0.25) is 0 Å². The van der Waals surface area contributed by atoms with Gasteiger partial charge in [0.05, 0.1) is 0 Å². The van der Waals surface area contributed by atoms with Gasteiger partial charge in [0.1, 0.15) is 6.61 Å². The smallest absolute Gasteiger partial charge is 0.104 e. The van der Waals surface area contributed by atoms with E-state index in [2.05, 4.69) is 30.0 Å². The molecule has 0 amide bonds. The Bertz CT molecular complexity index is 518. The van der Waals surface area contributed by atoms with Crippen LogP contribution in [-0.2, 0) is 0 Å². The van der Waals surface area contributed by atoms with Gasteiger partial charge in [-0.25, -0.2) is 0 Å². The molecule has 2 rings (SSSR count). The Kier molecular flexibility index (Phi) is 3.38. The summed E-state index contributed by atoms with van der Waals surface area (Å²) in [5, 5.41) is 8.64. The zero-order valence-electron chi connectivity index (χ0n) is 8.85. The fourth-order valence-corrected chi connectivity index (χ4v) is 1.55. The largest absolute Gasteiger partial charge is 0.384 e. The Labute approximate surface area is 95.4 Å². The molecule has 0 radical (unpaired) electrons. The molecule has 16 heavy (non-hydrogen) atoms. The molecule has 0 aliphatic heterocycles. The highest BCUT2D eigenvalue weighted by molar-refractivity contribution is 5.65. The summed E-state index contributed by atoms with van der Waals surface area (Å²) >= 11 is 0. The number of hydrogen-bond donors (Lipinski definition) is 1. The van der Waals surface area contributed by atoms with E-state index < -0.39 is 0 Å². The maximum absolute atomic E-state index is 8.64. The normalized spacial score (nSPS) is 9.31. The van der Waals surface area contributed by atoms with E-state index in [1.165, 1.54) is 5.56 Å². The van der Waals surface area contributed by atoms with Crippen LogP contribution in [0.4, 0.5) is 0 Å². The highest BCUT2D eigenvalue weighted by atomic mass is 16.2. The van der Waals surface area contributed by atoms with Crippen LogP contribution < -0.4 is 0 Å². The van der Waals surface area contributed by atoms with Crippen molar-refractivity contribution >= 4 is 0 Å². The monoisotopic (exact) mass is 208 g/mol. The molecule has 1 nitrogen and oxygen atoms in total. The summed E-state index contributed by atoms with van der Waals surface area (Å²) in [5.74, 6) is 5.55. The minimum atomic E-state index is -0.102.